The van der Waals surface area contributed by atoms with Crippen molar-refractivity contribution in [1.82, 2.24) is 4.90 Å². The Hall–Kier alpha value is -1.31. The van der Waals surface area contributed by atoms with Crippen molar-refractivity contribution in [2.75, 3.05) is 13.1 Å². The van der Waals surface area contributed by atoms with Crippen molar-refractivity contribution < 1.29 is 4.79 Å². The van der Waals surface area contributed by atoms with Gasteiger partial charge in [-0.1, -0.05) is 6.08 Å². The van der Waals surface area contributed by atoms with Crippen LogP contribution >= 0.6 is 0 Å². The second-order valence-electron chi connectivity index (χ2n) is 4.11. The number of hydrogen-bond donors (Lipinski definition) is 0. The number of Topliss-reactive ketones (excluding diaryl/α,β-unsaturated/α-hetero) is 1. The predicted molar refractivity (Wildman–Crippen MR) is 54.7 cm³/mol. The summed E-state index contributed by atoms with van der Waals surface area (Å²) in [5.74, 6) is 0.227. The van der Waals surface area contributed by atoms with Gasteiger partial charge in [0, 0.05) is 29.9 Å². The van der Waals surface area contributed by atoms with Crippen LogP contribution in [0.15, 0.2) is 35.1 Å². The zero-order valence-corrected chi connectivity index (χ0v) is 8.12. The average Bonchev–Trinajstić information content (AvgIpc) is 2.76. The first-order chi connectivity index (χ1) is 6.86. The Balaban J connectivity index is 1.93. The fraction of sp³-hybridized carbons (Fsp3) is 0.417. The van der Waals surface area contributed by atoms with Crippen LogP contribution in [-0.2, 0) is 4.79 Å². The molecule has 0 N–H and O–H groups in total. The minimum atomic E-state index is 0.227. The smallest absolute Gasteiger partial charge is 0.195 e. The molecular weight excluding hydrogens is 174 g/mol. The highest BCUT2D eigenvalue weighted by molar-refractivity contribution is 6.18. The maximum Gasteiger partial charge on any atom is 0.195 e. The zero-order valence-electron chi connectivity index (χ0n) is 8.12. The Kier molecular flexibility index (Phi) is 1.63. The second kappa shape index (κ2) is 2.84. The lowest BCUT2D eigenvalue weighted by Crippen LogP contribution is -2.28. The van der Waals surface area contributed by atoms with Gasteiger partial charge in [-0.3, -0.25) is 4.79 Å². The number of carbonyl (C=O) groups excluding carboxylic acids is 1. The van der Waals surface area contributed by atoms with Gasteiger partial charge in [-0.15, -0.1) is 0 Å². The van der Waals surface area contributed by atoms with Crippen LogP contribution in [-0.4, -0.2) is 23.8 Å². The van der Waals surface area contributed by atoms with E-state index in [-0.39, 0.29) is 5.78 Å². The fourth-order valence-corrected chi connectivity index (χ4v) is 2.42. The van der Waals surface area contributed by atoms with Crippen molar-refractivity contribution >= 4 is 5.78 Å². The molecule has 0 spiro atoms. The summed E-state index contributed by atoms with van der Waals surface area (Å²) in [6, 6.07) is 0. The monoisotopic (exact) mass is 187 g/mol. The van der Waals surface area contributed by atoms with Crippen LogP contribution in [0.3, 0.4) is 0 Å². The molecule has 1 saturated heterocycles. The van der Waals surface area contributed by atoms with Crippen LogP contribution in [0.25, 0.3) is 0 Å². The fourth-order valence-electron chi connectivity index (χ4n) is 2.42. The van der Waals surface area contributed by atoms with Crippen LogP contribution in [0.2, 0.25) is 0 Å². The molecule has 0 saturated carbocycles. The number of nitrogens with zero attached hydrogens (tertiary/aromatic N) is 1. The Morgan fingerprint density at radius 1 is 1.07 bits per heavy atom. The number of hydrogen-bond acceptors (Lipinski definition) is 2. The summed E-state index contributed by atoms with van der Waals surface area (Å²) in [6.07, 6.45) is 9.78. The van der Waals surface area contributed by atoms with Crippen molar-refractivity contribution in [3.63, 3.8) is 0 Å². The molecule has 2 nitrogen and oxygen atoms in total. The number of ketones is 1. The van der Waals surface area contributed by atoms with Crippen LogP contribution in [0.1, 0.15) is 19.3 Å². The van der Waals surface area contributed by atoms with E-state index in [0.29, 0.717) is 0 Å². The summed E-state index contributed by atoms with van der Waals surface area (Å²) in [4.78, 5) is 14.0. The quantitative estimate of drug-likeness (QED) is 0.624. The van der Waals surface area contributed by atoms with E-state index < -0.39 is 0 Å². The van der Waals surface area contributed by atoms with Gasteiger partial charge in [0.25, 0.3) is 0 Å². The third-order valence-corrected chi connectivity index (χ3v) is 3.20. The summed E-state index contributed by atoms with van der Waals surface area (Å²) in [5.41, 5.74) is 2.97. The molecule has 0 aromatic carbocycles. The molecule has 2 aliphatic carbocycles. The van der Waals surface area contributed by atoms with Crippen LogP contribution in [0, 0.1) is 0 Å². The SMILES string of the molecule is O=C1C2=CC(N3CCCCC3)=C1C=C2. The van der Waals surface area contributed by atoms with E-state index in [0.717, 1.165) is 24.2 Å². The average molecular weight is 187 g/mol. The van der Waals surface area contributed by atoms with Gasteiger partial charge in [-0.2, -0.15) is 0 Å². The molecule has 72 valence electrons. The van der Waals surface area contributed by atoms with Crippen molar-refractivity contribution in [2.24, 2.45) is 0 Å². The van der Waals surface area contributed by atoms with Crippen LogP contribution < -0.4 is 0 Å². The van der Waals surface area contributed by atoms with Gasteiger partial charge in [0.15, 0.2) is 5.78 Å². The molecular formula is C12H13NO. The first-order valence-corrected chi connectivity index (χ1v) is 5.30. The van der Waals surface area contributed by atoms with Gasteiger partial charge in [0.1, 0.15) is 0 Å². The molecule has 0 amide bonds. The Morgan fingerprint density at radius 3 is 2.43 bits per heavy atom. The van der Waals surface area contributed by atoms with E-state index in [9.17, 15) is 4.79 Å². The van der Waals surface area contributed by atoms with Crippen molar-refractivity contribution in [3.05, 3.63) is 35.1 Å². The first kappa shape index (κ1) is 8.04. The highest BCUT2D eigenvalue weighted by atomic mass is 16.1. The Bertz CT molecular complexity index is 381. The number of piperidine rings is 1. The normalized spacial score (nSPS) is 25.0. The lowest BCUT2D eigenvalue weighted by molar-refractivity contribution is -0.111. The molecule has 14 heavy (non-hydrogen) atoms. The first-order valence-electron chi connectivity index (χ1n) is 5.30. The number of carbonyl (C=O) groups is 1. The van der Waals surface area contributed by atoms with E-state index in [1.54, 1.807) is 0 Å². The van der Waals surface area contributed by atoms with E-state index >= 15 is 0 Å². The maximum absolute atomic E-state index is 11.6. The van der Waals surface area contributed by atoms with E-state index in [1.165, 1.54) is 25.0 Å². The molecule has 1 heterocycles. The molecule has 2 heteroatoms. The molecule has 1 fully saturated rings. The Labute approximate surface area is 83.6 Å². The molecule has 0 unspecified atom stereocenters. The predicted octanol–water partition coefficient (Wildman–Crippen LogP) is 1.81. The standard InChI is InChI=1S/C12H13NO/c14-12-9-4-5-10(12)11(8-9)13-6-2-1-3-7-13/h4-5,8H,1-3,6-7H2. The lowest BCUT2D eigenvalue weighted by atomic mass is 10.1. The molecule has 0 aromatic rings. The summed E-state index contributed by atoms with van der Waals surface area (Å²) in [5, 5.41) is 0. The van der Waals surface area contributed by atoms with Crippen LogP contribution in [0.5, 0.6) is 0 Å². The van der Waals surface area contributed by atoms with E-state index in [1.807, 2.05) is 18.2 Å². The molecule has 3 rings (SSSR count). The van der Waals surface area contributed by atoms with Gasteiger partial charge in [0.05, 0.1) is 0 Å². The highest BCUT2D eigenvalue weighted by Gasteiger charge is 2.29. The molecule has 2 bridgehead atoms. The summed E-state index contributed by atoms with van der Waals surface area (Å²) in [6.45, 7) is 2.23. The molecule has 0 atom stereocenters. The second-order valence-corrected chi connectivity index (χ2v) is 4.11. The Morgan fingerprint density at radius 2 is 1.86 bits per heavy atom. The molecule has 0 radical (unpaired) electrons. The third-order valence-electron chi connectivity index (χ3n) is 3.20. The topological polar surface area (TPSA) is 20.3 Å². The van der Waals surface area contributed by atoms with Gasteiger partial charge in [0.2, 0.25) is 0 Å². The van der Waals surface area contributed by atoms with Crippen molar-refractivity contribution in [1.29, 1.82) is 0 Å². The third kappa shape index (κ3) is 0.999. The van der Waals surface area contributed by atoms with E-state index in [2.05, 4.69) is 4.90 Å². The number of allylic oxidation sites excluding steroid dienone is 5. The maximum atomic E-state index is 11.6. The number of likely N-dealkylation sites (tertiary alicyclic amines) is 1. The molecule has 1 aliphatic heterocycles. The largest absolute Gasteiger partial charge is 0.371 e. The zero-order chi connectivity index (χ0) is 9.54. The van der Waals surface area contributed by atoms with Gasteiger partial charge < -0.3 is 4.90 Å². The lowest BCUT2D eigenvalue weighted by Gasteiger charge is -2.29. The number of rotatable bonds is 1. The highest BCUT2D eigenvalue weighted by Crippen LogP contribution is 2.33. The molecule has 3 aliphatic rings. The van der Waals surface area contributed by atoms with Crippen molar-refractivity contribution in [3.8, 4) is 0 Å². The summed E-state index contributed by atoms with van der Waals surface area (Å²) < 4.78 is 0. The minimum absolute atomic E-state index is 0.227. The van der Waals surface area contributed by atoms with Gasteiger partial charge in [-0.05, 0) is 31.4 Å². The van der Waals surface area contributed by atoms with Crippen LogP contribution in [0.4, 0.5) is 0 Å². The van der Waals surface area contributed by atoms with E-state index in [4.69, 9.17) is 0 Å². The minimum Gasteiger partial charge on any atom is -0.371 e. The summed E-state index contributed by atoms with van der Waals surface area (Å²) in [7, 11) is 0. The number of fused-ring (bicyclic) bond motifs is 2. The molecule has 0 aromatic heterocycles. The van der Waals surface area contributed by atoms with Crippen molar-refractivity contribution in [2.45, 2.75) is 19.3 Å². The van der Waals surface area contributed by atoms with Gasteiger partial charge in [-0.25, -0.2) is 0 Å². The van der Waals surface area contributed by atoms with Gasteiger partial charge >= 0.3 is 0 Å². The summed E-state index contributed by atoms with van der Waals surface area (Å²) >= 11 is 0.